The van der Waals surface area contributed by atoms with Gasteiger partial charge in [0.1, 0.15) is 6.61 Å². The number of alkyl halides is 3. The number of hydrogen-bond acceptors (Lipinski definition) is 4. The summed E-state index contributed by atoms with van der Waals surface area (Å²) < 4.78 is 39.6. The molecule has 0 saturated carbocycles. The van der Waals surface area contributed by atoms with Crippen molar-refractivity contribution in [2.24, 2.45) is 0 Å². The molecular formula is C12H15F3N2O3S. The first-order valence-electron chi connectivity index (χ1n) is 6.11. The summed E-state index contributed by atoms with van der Waals surface area (Å²) in [6.45, 7) is -1.40. The molecule has 2 amide bonds. The quantitative estimate of drug-likeness (QED) is 0.713. The molecule has 1 aromatic heterocycles. The van der Waals surface area contributed by atoms with Crippen molar-refractivity contribution in [2.45, 2.75) is 12.6 Å². The summed E-state index contributed by atoms with van der Waals surface area (Å²) in [4.78, 5) is 23.4. The van der Waals surface area contributed by atoms with Gasteiger partial charge in [0, 0.05) is 19.5 Å². The number of hydrogen-bond donors (Lipinski definition) is 2. The van der Waals surface area contributed by atoms with Crippen LogP contribution in [-0.2, 0) is 9.53 Å². The lowest BCUT2D eigenvalue weighted by molar-refractivity contribution is -0.173. The van der Waals surface area contributed by atoms with Gasteiger partial charge < -0.3 is 15.4 Å². The van der Waals surface area contributed by atoms with Crippen molar-refractivity contribution in [3.05, 3.63) is 22.4 Å². The Morgan fingerprint density at radius 2 is 2.00 bits per heavy atom. The average molecular weight is 324 g/mol. The van der Waals surface area contributed by atoms with Gasteiger partial charge in [-0.15, -0.1) is 11.3 Å². The van der Waals surface area contributed by atoms with Crippen molar-refractivity contribution in [1.29, 1.82) is 0 Å². The lowest BCUT2D eigenvalue weighted by Gasteiger charge is -2.08. The fraction of sp³-hybridized carbons (Fsp3) is 0.500. The molecule has 1 aromatic rings. The van der Waals surface area contributed by atoms with Crippen molar-refractivity contribution < 1.29 is 27.5 Å². The van der Waals surface area contributed by atoms with E-state index in [4.69, 9.17) is 0 Å². The normalized spacial score (nSPS) is 11.2. The van der Waals surface area contributed by atoms with Crippen LogP contribution in [0.1, 0.15) is 16.1 Å². The Hall–Kier alpha value is -1.61. The molecule has 0 fully saturated rings. The zero-order valence-corrected chi connectivity index (χ0v) is 11.9. The Bertz CT molecular complexity index is 449. The molecule has 1 rings (SSSR count). The predicted molar refractivity (Wildman–Crippen MR) is 71.2 cm³/mol. The first-order valence-corrected chi connectivity index (χ1v) is 6.99. The Labute approximate surface area is 123 Å². The van der Waals surface area contributed by atoms with Crippen molar-refractivity contribution in [3.63, 3.8) is 0 Å². The number of rotatable bonds is 8. The minimum atomic E-state index is -4.36. The van der Waals surface area contributed by atoms with Crippen molar-refractivity contribution in [1.82, 2.24) is 10.6 Å². The first kappa shape index (κ1) is 17.4. The SMILES string of the molecule is O=C(CCNC(=O)c1cccs1)NCCOCC(F)(F)F. The molecule has 0 aliphatic rings. The maximum Gasteiger partial charge on any atom is 0.411 e. The van der Waals surface area contributed by atoms with Gasteiger partial charge in [-0.25, -0.2) is 0 Å². The molecule has 21 heavy (non-hydrogen) atoms. The fourth-order valence-corrected chi connectivity index (χ4v) is 1.96. The molecule has 0 aliphatic carbocycles. The van der Waals surface area contributed by atoms with E-state index in [0.717, 1.165) is 0 Å². The molecule has 0 atom stereocenters. The number of nitrogens with one attached hydrogen (secondary N) is 2. The summed E-state index contributed by atoms with van der Waals surface area (Å²) in [6.07, 6.45) is -4.31. The third-order valence-electron chi connectivity index (χ3n) is 2.22. The molecular weight excluding hydrogens is 309 g/mol. The number of ether oxygens (including phenoxy) is 1. The maximum absolute atomic E-state index is 11.7. The van der Waals surface area contributed by atoms with Crippen LogP contribution in [0.15, 0.2) is 17.5 Å². The van der Waals surface area contributed by atoms with Gasteiger partial charge >= 0.3 is 6.18 Å². The van der Waals surface area contributed by atoms with Crippen LogP contribution in [0.25, 0.3) is 0 Å². The largest absolute Gasteiger partial charge is 0.411 e. The van der Waals surface area contributed by atoms with Crippen molar-refractivity contribution in [2.75, 3.05) is 26.3 Å². The second kappa shape index (κ2) is 8.63. The zero-order chi connectivity index (χ0) is 15.7. The molecule has 0 saturated heterocycles. The molecule has 9 heteroatoms. The van der Waals surface area contributed by atoms with E-state index in [9.17, 15) is 22.8 Å². The Balaban J connectivity index is 2.03. The second-order valence-electron chi connectivity index (χ2n) is 4.00. The summed E-state index contributed by atoms with van der Waals surface area (Å²) in [6, 6.07) is 3.41. The Morgan fingerprint density at radius 1 is 1.24 bits per heavy atom. The summed E-state index contributed by atoms with van der Waals surface area (Å²) in [7, 11) is 0. The zero-order valence-electron chi connectivity index (χ0n) is 11.0. The van der Waals surface area contributed by atoms with E-state index in [-0.39, 0.29) is 37.9 Å². The van der Waals surface area contributed by atoms with E-state index in [2.05, 4.69) is 15.4 Å². The molecule has 0 spiro atoms. The lowest BCUT2D eigenvalue weighted by Crippen LogP contribution is -2.32. The smallest absolute Gasteiger partial charge is 0.370 e. The van der Waals surface area contributed by atoms with E-state index in [1.165, 1.54) is 11.3 Å². The number of carbonyl (C=O) groups excluding carboxylic acids is 2. The topological polar surface area (TPSA) is 67.4 Å². The highest BCUT2D eigenvalue weighted by Crippen LogP contribution is 2.13. The van der Waals surface area contributed by atoms with Crippen LogP contribution in [0.5, 0.6) is 0 Å². The highest BCUT2D eigenvalue weighted by Gasteiger charge is 2.27. The maximum atomic E-state index is 11.7. The van der Waals surface area contributed by atoms with E-state index in [1.54, 1.807) is 17.5 Å². The van der Waals surface area contributed by atoms with Crippen LogP contribution in [0.2, 0.25) is 0 Å². The minimum absolute atomic E-state index is 0.00617. The highest BCUT2D eigenvalue weighted by molar-refractivity contribution is 7.12. The van der Waals surface area contributed by atoms with E-state index < -0.39 is 12.8 Å². The van der Waals surface area contributed by atoms with E-state index >= 15 is 0 Å². The second-order valence-corrected chi connectivity index (χ2v) is 4.95. The van der Waals surface area contributed by atoms with Gasteiger partial charge in [-0.1, -0.05) is 6.07 Å². The van der Waals surface area contributed by atoms with Gasteiger partial charge in [0.15, 0.2) is 0 Å². The van der Waals surface area contributed by atoms with Crippen molar-refractivity contribution >= 4 is 23.2 Å². The van der Waals surface area contributed by atoms with Gasteiger partial charge in [-0.05, 0) is 11.4 Å². The van der Waals surface area contributed by atoms with E-state index in [0.29, 0.717) is 4.88 Å². The molecule has 1 heterocycles. The molecule has 0 radical (unpaired) electrons. The molecule has 5 nitrogen and oxygen atoms in total. The number of carbonyl (C=O) groups is 2. The van der Waals surface area contributed by atoms with Gasteiger partial charge in [0.2, 0.25) is 5.91 Å². The first-order chi connectivity index (χ1) is 9.88. The summed E-state index contributed by atoms with van der Waals surface area (Å²) in [5, 5.41) is 6.73. The Kier molecular flexibility index (Phi) is 7.17. The summed E-state index contributed by atoms with van der Waals surface area (Å²) in [5.74, 6) is -0.622. The van der Waals surface area contributed by atoms with Gasteiger partial charge in [0.25, 0.3) is 5.91 Å². The van der Waals surface area contributed by atoms with Crippen LogP contribution >= 0.6 is 11.3 Å². The number of amides is 2. The van der Waals surface area contributed by atoms with Crippen molar-refractivity contribution in [3.8, 4) is 0 Å². The van der Waals surface area contributed by atoms with Gasteiger partial charge in [-0.3, -0.25) is 9.59 Å². The summed E-state index contributed by atoms with van der Waals surface area (Å²) in [5.41, 5.74) is 0. The lowest BCUT2D eigenvalue weighted by atomic mass is 10.3. The third kappa shape index (κ3) is 8.30. The summed E-state index contributed by atoms with van der Waals surface area (Å²) >= 11 is 1.29. The minimum Gasteiger partial charge on any atom is -0.370 e. The molecule has 0 bridgehead atoms. The van der Waals surface area contributed by atoms with Crippen LogP contribution in [0.3, 0.4) is 0 Å². The standard InChI is InChI=1S/C12H15F3N2O3S/c13-12(14,15)8-20-6-5-16-10(18)3-4-17-11(19)9-2-1-7-21-9/h1-2,7H,3-6,8H2,(H,16,18)(H,17,19). The number of halogens is 3. The van der Waals surface area contributed by atoms with Gasteiger partial charge in [0.05, 0.1) is 11.5 Å². The van der Waals surface area contributed by atoms with Crippen LogP contribution in [0.4, 0.5) is 13.2 Å². The monoisotopic (exact) mass is 324 g/mol. The van der Waals surface area contributed by atoms with E-state index in [1.807, 2.05) is 0 Å². The number of thiophene rings is 1. The average Bonchev–Trinajstić information content (AvgIpc) is 2.90. The third-order valence-corrected chi connectivity index (χ3v) is 3.09. The van der Waals surface area contributed by atoms with Crippen LogP contribution in [0, 0.1) is 0 Å². The molecule has 118 valence electrons. The highest BCUT2D eigenvalue weighted by atomic mass is 32.1. The molecule has 2 N–H and O–H groups in total. The fourth-order valence-electron chi connectivity index (χ4n) is 1.32. The van der Waals surface area contributed by atoms with Crippen LogP contribution in [-0.4, -0.2) is 44.3 Å². The molecule has 0 aliphatic heterocycles. The molecule has 0 unspecified atom stereocenters. The Morgan fingerprint density at radius 3 is 2.62 bits per heavy atom. The van der Waals surface area contributed by atoms with Gasteiger partial charge in [-0.2, -0.15) is 13.2 Å². The molecule has 0 aromatic carbocycles. The predicted octanol–water partition coefficient (Wildman–Crippen LogP) is 1.56. The van der Waals surface area contributed by atoms with Crippen LogP contribution < -0.4 is 10.6 Å².